The molecule has 2 rings (SSSR count). The van der Waals surface area contributed by atoms with Gasteiger partial charge in [-0.3, -0.25) is 14.6 Å². The van der Waals surface area contributed by atoms with E-state index in [-0.39, 0.29) is 18.2 Å². The first-order chi connectivity index (χ1) is 12.0. The Balaban J connectivity index is 1.85. The number of para-hydroxylation sites is 1. The van der Waals surface area contributed by atoms with Crippen molar-refractivity contribution in [2.75, 3.05) is 13.7 Å². The van der Waals surface area contributed by atoms with Crippen LogP contribution in [-0.2, 0) is 16.1 Å². The Hall–Kier alpha value is -2.02. The number of amides is 2. The van der Waals surface area contributed by atoms with Gasteiger partial charge in [-0.05, 0) is 18.4 Å². The van der Waals surface area contributed by atoms with E-state index in [2.05, 4.69) is 29.5 Å². The topological polar surface area (TPSA) is 79.8 Å². The molecule has 1 aromatic rings. The Bertz CT molecular complexity index is 646. The summed E-state index contributed by atoms with van der Waals surface area (Å²) in [5.41, 5.74) is 0.947. The molecule has 0 aromatic heterocycles. The van der Waals surface area contributed by atoms with Crippen LogP contribution in [0.5, 0.6) is 5.75 Å². The minimum absolute atomic E-state index is 0.0979. The van der Waals surface area contributed by atoms with Crippen LogP contribution in [0.1, 0.15) is 32.3 Å². The molecule has 0 unspecified atom stereocenters. The van der Waals surface area contributed by atoms with Crippen molar-refractivity contribution in [3.8, 4) is 5.75 Å². The van der Waals surface area contributed by atoms with Crippen LogP contribution in [0.15, 0.2) is 29.3 Å². The normalized spacial score (nSPS) is 18.5. The van der Waals surface area contributed by atoms with E-state index in [9.17, 15) is 9.59 Å². The molecule has 136 valence electrons. The molecule has 1 fully saturated rings. The van der Waals surface area contributed by atoms with E-state index in [0.717, 1.165) is 17.7 Å². The number of benzene rings is 1. The summed E-state index contributed by atoms with van der Waals surface area (Å²) in [4.78, 5) is 28.4. The smallest absolute Gasteiger partial charge is 0.240 e. The number of hydrogen-bond donors (Lipinski definition) is 2. The SMILES string of the molecule is COc1ccccc1CN=C1NC(=O)[C@H](CC(=O)NCCC(C)C)S1. The van der Waals surface area contributed by atoms with E-state index in [1.807, 2.05) is 24.3 Å². The summed E-state index contributed by atoms with van der Waals surface area (Å²) >= 11 is 1.31. The number of rotatable bonds is 8. The van der Waals surface area contributed by atoms with E-state index < -0.39 is 5.25 Å². The monoisotopic (exact) mass is 363 g/mol. The molecule has 1 aromatic carbocycles. The number of ether oxygens (including phenoxy) is 1. The Labute approximate surface area is 152 Å². The second-order valence-electron chi connectivity index (χ2n) is 6.27. The van der Waals surface area contributed by atoms with Crippen molar-refractivity contribution in [3.63, 3.8) is 0 Å². The molecule has 2 N–H and O–H groups in total. The van der Waals surface area contributed by atoms with Gasteiger partial charge in [0.25, 0.3) is 0 Å². The molecule has 1 atom stereocenters. The van der Waals surface area contributed by atoms with Crippen LogP contribution in [0, 0.1) is 5.92 Å². The lowest BCUT2D eigenvalue weighted by Gasteiger charge is -2.08. The molecule has 0 bridgehead atoms. The highest BCUT2D eigenvalue weighted by Gasteiger charge is 2.31. The molecule has 0 saturated carbocycles. The van der Waals surface area contributed by atoms with Gasteiger partial charge in [0.2, 0.25) is 11.8 Å². The molecule has 0 spiro atoms. The van der Waals surface area contributed by atoms with Crippen LogP contribution in [-0.4, -0.2) is 35.9 Å². The van der Waals surface area contributed by atoms with Crippen molar-refractivity contribution < 1.29 is 14.3 Å². The molecule has 6 nitrogen and oxygen atoms in total. The Kier molecular flexibility index (Phi) is 7.31. The van der Waals surface area contributed by atoms with Crippen molar-refractivity contribution in [3.05, 3.63) is 29.8 Å². The third-order valence-electron chi connectivity index (χ3n) is 3.78. The zero-order chi connectivity index (χ0) is 18.2. The number of carbonyl (C=O) groups is 2. The fourth-order valence-electron chi connectivity index (χ4n) is 2.35. The van der Waals surface area contributed by atoms with Crippen LogP contribution < -0.4 is 15.4 Å². The van der Waals surface area contributed by atoms with Gasteiger partial charge in [-0.25, -0.2) is 0 Å². The van der Waals surface area contributed by atoms with Crippen LogP contribution in [0.3, 0.4) is 0 Å². The molecule has 1 saturated heterocycles. The number of nitrogens with one attached hydrogen (secondary N) is 2. The van der Waals surface area contributed by atoms with Crippen LogP contribution >= 0.6 is 11.8 Å². The summed E-state index contributed by atoms with van der Waals surface area (Å²) in [5.74, 6) is 1.04. The lowest BCUT2D eigenvalue weighted by Crippen LogP contribution is -2.32. The molecule has 7 heteroatoms. The van der Waals surface area contributed by atoms with Gasteiger partial charge in [0.05, 0.1) is 13.7 Å². The summed E-state index contributed by atoms with van der Waals surface area (Å²) in [7, 11) is 1.62. The number of carbonyl (C=O) groups excluding carboxylic acids is 2. The molecule has 25 heavy (non-hydrogen) atoms. The number of hydrogen-bond acceptors (Lipinski definition) is 5. The summed E-state index contributed by atoms with van der Waals surface area (Å²) < 4.78 is 5.29. The first kappa shape index (κ1) is 19.3. The maximum absolute atomic E-state index is 12.0. The zero-order valence-corrected chi connectivity index (χ0v) is 15.7. The standard InChI is InChI=1S/C18H25N3O3S/c1-12(2)8-9-19-16(22)10-15-17(23)21-18(25-15)20-11-13-6-4-5-7-14(13)24-3/h4-7,12,15H,8-11H2,1-3H3,(H,19,22)(H,20,21,23)/t15-/m0/s1. The average molecular weight is 363 g/mol. The van der Waals surface area contributed by atoms with Crippen molar-refractivity contribution >= 4 is 28.7 Å². The molecular weight excluding hydrogens is 338 g/mol. The lowest BCUT2D eigenvalue weighted by molar-refractivity contribution is -0.125. The average Bonchev–Trinajstić information content (AvgIpc) is 2.92. The molecule has 1 aliphatic rings. The maximum atomic E-state index is 12.0. The molecular formula is C18H25N3O3S. The van der Waals surface area contributed by atoms with Crippen LogP contribution in [0.25, 0.3) is 0 Å². The van der Waals surface area contributed by atoms with Gasteiger partial charge < -0.3 is 15.4 Å². The van der Waals surface area contributed by atoms with Crippen molar-refractivity contribution in [1.82, 2.24) is 10.6 Å². The minimum atomic E-state index is -0.421. The number of nitrogens with zero attached hydrogens (tertiary/aromatic N) is 1. The summed E-state index contributed by atoms with van der Waals surface area (Å²) in [6.45, 7) is 5.28. The third-order valence-corrected chi connectivity index (χ3v) is 4.90. The van der Waals surface area contributed by atoms with Gasteiger partial charge in [-0.2, -0.15) is 0 Å². The maximum Gasteiger partial charge on any atom is 0.240 e. The fourth-order valence-corrected chi connectivity index (χ4v) is 3.31. The highest BCUT2D eigenvalue weighted by atomic mass is 32.2. The van der Waals surface area contributed by atoms with E-state index in [4.69, 9.17) is 4.74 Å². The number of thioether (sulfide) groups is 1. The third kappa shape index (κ3) is 6.08. The first-order valence-corrected chi connectivity index (χ1v) is 9.28. The van der Waals surface area contributed by atoms with Gasteiger partial charge in [0, 0.05) is 18.5 Å². The summed E-state index contributed by atoms with van der Waals surface area (Å²) in [6, 6.07) is 7.63. The Morgan fingerprint density at radius 1 is 1.40 bits per heavy atom. The molecule has 0 radical (unpaired) electrons. The highest BCUT2D eigenvalue weighted by Crippen LogP contribution is 2.24. The predicted molar refractivity (Wildman–Crippen MR) is 101 cm³/mol. The van der Waals surface area contributed by atoms with Gasteiger partial charge in [0.15, 0.2) is 5.17 Å². The van der Waals surface area contributed by atoms with Gasteiger partial charge >= 0.3 is 0 Å². The van der Waals surface area contributed by atoms with Crippen LogP contribution in [0.2, 0.25) is 0 Å². The van der Waals surface area contributed by atoms with Gasteiger partial charge in [-0.15, -0.1) is 0 Å². The number of aliphatic imine (C=N–C) groups is 1. The highest BCUT2D eigenvalue weighted by molar-refractivity contribution is 8.15. The largest absolute Gasteiger partial charge is 0.496 e. The van der Waals surface area contributed by atoms with Gasteiger partial charge in [0.1, 0.15) is 11.0 Å². The summed E-state index contributed by atoms with van der Waals surface area (Å²) in [5, 5.41) is 5.74. The molecule has 0 aliphatic carbocycles. The molecule has 1 heterocycles. The first-order valence-electron chi connectivity index (χ1n) is 8.40. The lowest BCUT2D eigenvalue weighted by atomic mass is 10.1. The fraction of sp³-hybridized carbons (Fsp3) is 0.500. The van der Waals surface area contributed by atoms with E-state index in [1.54, 1.807) is 7.11 Å². The molecule has 1 aliphatic heterocycles. The summed E-state index contributed by atoms with van der Waals surface area (Å²) in [6.07, 6.45) is 1.10. The number of methoxy groups -OCH3 is 1. The quantitative estimate of drug-likeness (QED) is 0.743. The molecule has 2 amide bonds. The Morgan fingerprint density at radius 3 is 2.88 bits per heavy atom. The predicted octanol–water partition coefficient (Wildman–Crippen LogP) is 2.34. The second-order valence-corrected chi connectivity index (χ2v) is 7.46. The van der Waals surface area contributed by atoms with Gasteiger partial charge in [-0.1, -0.05) is 43.8 Å². The van der Waals surface area contributed by atoms with Crippen molar-refractivity contribution in [2.24, 2.45) is 10.9 Å². The Morgan fingerprint density at radius 2 is 2.16 bits per heavy atom. The second kappa shape index (κ2) is 9.46. The zero-order valence-electron chi connectivity index (χ0n) is 14.9. The van der Waals surface area contributed by atoms with E-state index in [1.165, 1.54) is 11.8 Å². The van der Waals surface area contributed by atoms with Crippen molar-refractivity contribution in [2.45, 2.75) is 38.5 Å². The minimum Gasteiger partial charge on any atom is -0.496 e. The van der Waals surface area contributed by atoms with E-state index >= 15 is 0 Å². The van der Waals surface area contributed by atoms with Crippen LogP contribution in [0.4, 0.5) is 0 Å². The van der Waals surface area contributed by atoms with Crippen molar-refractivity contribution in [1.29, 1.82) is 0 Å². The van der Waals surface area contributed by atoms with E-state index in [0.29, 0.717) is 24.2 Å². The number of amidine groups is 1.